The SMILES string of the molecule is CCOC(=O)CN(CC)CC1CCCCN1. The summed E-state index contributed by atoms with van der Waals surface area (Å²) in [5.74, 6) is -0.111. The maximum absolute atomic E-state index is 11.4. The van der Waals surface area contributed by atoms with Crippen LogP contribution in [0.3, 0.4) is 0 Å². The highest BCUT2D eigenvalue weighted by Gasteiger charge is 2.17. The van der Waals surface area contributed by atoms with E-state index in [1.54, 1.807) is 0 Å². The number of hydrogen-bond donors (Lipinski definition) is 1. The van der Waals surface area contributed by atoms with Crippen molar-refractivity contribution >= 4 is 5.97 Å². The molecule has 1 saturated heterocycles. The van der Waals surface area contributed by atoms with Crippen LogP contribution in [0.1, 0.15) is 33.1 Å². The van der Waals surface area contributed by atoms with Gasteiger partial charge in [0.25, 0.3) is 0 Å². The van der Waals surface area contributed by atoms with Crippen LogP contribution >= 0.6 is 0 Å². The van der Waals surface area contributed by atoms with Crippen LogP contribution in [0.25, 0.3) is 0 Å². The van der Waals surface area contributed by atoms with Gasteiger partial charge in [-0.3, -0.25) is 9.69 Å². The summed E-state index contributed by atoms with van der Waals surface area (Å²) in [5, 5.41) is 3.50. The van der Waals surface area contributed by atoms with Gasteiger partial charge in [-0.2, -0.15) is 0 Å². The van der Waals surface area contributed by atoms with E-state index in [1.165, 1.54) is 19.3 Å². The van der Waals surface area contributed by atoms with E-state index in [-0.39, 0.29) is 5.97 Å². The Morgan fingerprint density at radius 2 is 2.25 bits per heavy atom. The van der Waals surface area contributed by atoms with Crippen molar-refractivity contribution in [2.45, 2.75) is 39.2 Å². The molecule has 0 radical (unpaired) electrons. The Hall–Kier alpha value is -0.610. The van der Waals surface area contributed by atoms with Crippen molar-refractivity contribution in [3.8, 4) is 0 Å². The topological polar surface area (TPSA) is 41.6 Å². The molecule has 1 N–H and O–H groups in total. The van der Waals surface area contributed by atoms with Crippen molar-refractivity contribution in [1.82, 2.24) is 10.2 Å². The molecule has 0 spiro atoms. The predicted octanol–water partition coefficient (Wildman–Crippen LogP) is 1.01. The van der Waals surface area contributed by atoms with Crippen LogP contribution in [-0.4, -0.2) is 49.7 Å². The third-order valence-corrected chi connectivity index (χ3v) is 3.00. The summed E-state index contributed by atoms with van der Waals surface area (Å²) in [6.45, 7) is 7.79. The van der Waals surface area contributed by atoms with Crippen molar-refractivity contribution in [3.63, 3.8) is 0 Å². The normalized spacial score (nSPS) is 21.1. The lowest BCUT2D eigenvalue weighted by Gasteiger charge is -2.29. The first kappa shape index (κ1) is 13.5. The van der Waals surface area contributed by atoms with E-state index in [0.29, 0.717) is 19.2 Å². The molecule has 0 saturated carbocycles. The van der Waals surface area contributed by atoms with Gasteiger partial charge in [-0.05, 0) is 32.9 Å². The minimum atomic E-state index is -0.111. The molecule has 0 amide bonds. The average Bonchev–Trinajstić information content (AvgIpc) is 2.30. The van der Waals surface area contributed by atoms with Crippen LogP contribution in [0.15, 0.2) is 0 Å². The first-order chi connectivity index (χ1) is 7.76. The summed E-state index contributed by atoms with van der Waals surface area (Å²) in [7, 11) is 0. The standard InChI is InChI=1S/C12H24N2O2/c1-3-14(10-12(15)16-4-2)9-11-7-5-6-8-13-11/h11,13H,3-10H2,1-2H3. The lowest BCUT2D eigenvalue weighted by atomic mass is 10.0. The molecule has 0 aromatic rings. The van der Waals surface area contributed by atoms with Crippen LogP contribution in [0.2, 0.25) is 0 Å². The molecule has 0 bridgehead atoms. The summed E-state index contributed by atoms with van der Waals surface area (Å²) >= 11 is 0. The quantitative estimate of drug-likeness (QED) is 0.689. The molecule has 4 nitrogen and oxygen atoms in total. The zero-order chi connectivity index (χ0) is 11.8. The van der Waals surface area contributed by atoms with Crippen molar-refractivity contribution in [2.75, 3.05) is 32.8 Å². The Kier molecular flexibility index (Phi) is 6.42. The lowest BCUT2D eigenvalue weighted by molar-refractivity contribution is -0.144. The molecular formula is C12H24N2O2. The minimum Gasteiger partial charge on any atom is -0.465 e. The zero-order valence-corrected chi connectivity index (χ0v) is 10.5. The van der Waals surface area contributed by atoms with Gasteiger partial charge in [0.15, 0.2) is 0 Å². The highest BCUT2D eigenvalue weighted by molar-refractivity contribution is 5.71. The number of piperidine rings is 1. The number of nitrogens with zero attached hydrogens (tertiary/aromatic N) is 1. The minimum absolute atomic E-state index is 0.111. The fourth-order valence-corrected chi connectivity index (χ4v) is 2.09. The van der Waals surface area contributed by atoms with Gasteiger partial charge in [0.2, 0.25) is 0 Å². The summed E-state index contributed by atoms with van der Waals surface area (Å²) in [6, 6.07) is 0.545. The Morgan fingerprint density at radius 3 is 2.81 bits per heavy atom. The fourth-order valence-electron chi connectivity index (χ4n) is 2.09. The number of nitrogens with one attached hydrogen (secondary N) is 1. The van der Waals surface area contributed by atoms with Crippen molar-refractivity contribution in [2.24, 2.45) is 0 Å². The molecular weight excluding hydrogens is 204 g/mol. The van der Waals surface area contributed by atoms with Crippen LogP contribution in [0.4, 0.5) is 0 Å². The first-order valence-electron chi connectivity index (χ1n) is 6.37. The number of hydrogen-bond acceptors (Lipinski definition) is 4. The van der Waals surface area contributed by atoms with Gasteiger partial charge in [0.1, 0.15) is 0 Å². The Labute approximate surface area is 98.3 Å². The van der Waals surface area contributed by atoms with E-state index < -0.39 is 0 Å². The molecule has 16 heavy (non-hydrogen) atoms. The van der Waals surface area contributed by atoms with E-state index in [0.717, 1.165) is 19.6 Å². The zero-order valence-electron chi connectivity index (χ0n) is 10.5. The molecule has 94 valence electrons. The number of carbonyl (C=O) groups is 1. The second-order valence-electron chi connectivity index (χ2n) is 4.28. The van der Waals surface area contributed by atoms with Gasteiger partial charge in [-0.1, -0.05) is 13.3 Å². The van der Waals surface area contributed by atoms with Gasteiger partial charge >= 0.3 is 5.97 Å². The smallest absolute Gasteiger partial charge is 0.320 e. The van der Waals surface area contributed by atoms with Gasteiger partial charge < -0.3 is 10.1 Å². The number of likely N-dealkylation sites (N-methyl/N-ethyl adjacent to an activating group) is 1. The number of rotatable bonds is 6. The molecule has 1 fully saturated rings. The van der Waals surface area contributed by atoms with Gasteiger partial charge in [-0.15, -0.1) is 0 Å². The molecule has 0 aromatic carbocycles. The number of carbonyl (C=O) groups excluding carboxylic acids is 1. The van der Waals surface area contributed by atoms with Crippen LogP contribution < -0.4 is 5.32 Å². The summed E-state index contributed by atoms with van der Waals surface area (Å²) in [5.41, 5.74) is 0. The third-order valence-electron chi connectivity index (χ3n) is 3.00. The summed E-state index contributed by atoms with van der Waals surface area (Å²) < 4.78 is 4.96. The third kappa shape index (κ3) is 4.94. The van der Waals surface area contributed by atoms with E-state index in [9.17, 15) is 4.79 Å². The van der Waals surface area contributed by atoms with Crippen molar-refractivity contribution in [3.05, 3.63) is 0 Å². The van der Waals surface area contributed by atoms with Crippen LogP contribution in [-0.2, 0) is 9.53 Å². The van der Waals surface area contributed by atoms with Gasteiger partial charge in [0, 0.05) is 12.6 Å². The van der Waals surface area contributed by atoms with Crippen molar-refractivity contribution < 1.29 is 9.53 Å². The molecule has 1 aliphatic rings. The molecule has 1 aliphatic heterocycles. The molecule has 1 heterocycles. The molecule has 0 aliphatic carbocycles. The van der Waals surface area contributed by atoms with Crippen molar-refractivity contribution in [1.29, 1.82) is 0 Å². The summed E-state index contributed by atoms with van der Waals surface area (Å²) in [4.78, 5) is 13.5. The highest BCUT2D eigenvalue weighted by atomic mass is 16.5. The van der Waals surface area contributed by atoms with E-state index in [2.05, 4.69) is 17.1 Å². The maximum Gasteiger partial charge on any atom is 0.320 e. The Bertz CT molecular complexity index is 203. The van der Waals surface area contributed by atoms with Crippen LogP contribution in [0, 0.1) is 0 Å². The lowest BCUT2D eigenvalue weighted by Crippen LogP contribution is -2.45. The Balaban J connectivity index is 2.27. The second-order valence-corrected chi connectivity index (χ2v) is 4.28. The van der Waals surface area contributed by atoms with Crippen LogP contribution in [0.5, 0.6) is 0 Å². The number of esters is 1. The molecule has 4 heteroatoms. The van der Waals surface area contributed by atoms with E-state index in [1.807, 2.05) is 6.92 Å². The molecule has 0 aromatic heterocycles. The number of ether oxygens (including phenoxy) is 1. The highest BCUT2D eigenvalue weighted by Crippen LogP contribution is 2.08. The van der Waals surface area contributed by atoms with E-state index in [4.69, 9.17) is 4.74 Å². The predicted molar refractivity (Wildman–Crippen MR) is 64.4 cm³/mol. The Morgan fingerprint density at radius 1 is 1.44 bits per heavy atom. The maximum atomic E-state index is 11.4. The first-order valence-corrected chi connectivity index (χ1v) is 6.37. The fraction of sp³-hybridized carbons (Fsp3) is 0.917. The molecule has 1 atom stereocenters. The van der Waals surface area contributed by atoms with Gasteiger partial charge in [0.05, 0.1) is 13.2 Å². The molecule has 1 rings (SSSR count). The summed E-state index contributed by atoms with van der Waals surface area (Å²) in [6.07, 6.45) is 3.80. The molecule has 1 unspecified atom stereocenters. The van der Waals surface area contributed by atoms with E-state index >= 15 is 0 Å². The van der Waals surface area contributed by atoms with Gasteiger partial charge in [-0.25, -0.2) is 0 Å². The second kappa shape index (κ2) is 7.63. The monoisotopic (exact) mass is 228 g/mol. The largest absolute Gasteiger partial charge is 0.465 e. The average molecular weight is 228 g/mol.